The Bertz CT molecular complexity index is 4950. The first kappa shape index (κ1) is 73.2. The molecule has 0 saturated heterocycles. The molecule has 0 aliphatic rings. The Balaban J connectivity index is 0.000000157. The number of rotatable bonds is 22. The highest BCUT2D eigenvalue weighted by Crippen LogP contribution is 2.32. The fourth-order valence-corrected chi connectivity index (χ4v) is 11.4. The molecular formula is C75H73Cl2F2N13O9. The summed E-state index contributed by atoms with van der Waals surface area (Å²) in [5.74, 6) is 1.66. The number of nitro benzene ring substituents is 1. The molecule has 0 radical (unpaired) electrons. The third kappa shape index (κ3) is 19.4. The molecule has 0 unspecified atom stereocenters. The van der Waals surface area contributed by atoms with Crippen molar-refractivity contribution in [2.24, 2.45) is 11.5 Å². The van der Waals surface area contributed by atoms with Crippen LogP contribution < -0.4 is 47.1 Å². The third-order valence-electron chi connectivity index (χ3n) is 16.2. The number of non-ortho nitro benzene ring substituents is 1. The van der Waals surface area contributed by atoms with Crippen LogP contribution in [0.5, 0.6) is 23.1 Å². The molecule has 8 aromatic carbocycles. The van der Waals surface area contributed by atoms with E-state index in [1.54, 1.807) is 51.7 Å². The maximum atomic E-state index is 13.1. The summed E-state index contributed by atoms with van der Waals surface area (Å²) in [4.78, 5) is 47.7. The van der Waals surface area contributed by atoms with Gasteiger partial charge in [0.15, 0.2) is 0 Å². The van der Waals surface area contributed by atoms with Crippen LogP contribution >= 0.6 is 23.2 Å². The zero-order valence-electron chi connectivity index (χ0n) is 55.5. The molecule has 4 aromatic heterocycles. The second-order valence-electron chi connectivity index (χ2n) is 22.7. The number of nitrogens with zero attached hydrogens (tertiary/aromatic N) is 4. The van der Waals surface area contributed by atoms with Crippen LogP contribution in [0.25, 0.3) is 45.0 Å². The number of hydrogen-bond acceptors (Lipinski definition) is 12. The van der Waals surface area contributed by atoms with Crippen molar-refractivity contribution < 1.29 is 32.7 Å². The lowest BCUT2D eigenvalue weighted by atomic mass is 10.0. The highest BCUT2D eigenvalue weighted by molar-refractivity contribution is 6.30. The minimum absolute atomic E-state index is 0.0485. The van der Waals surface area contributed by atoms with Crippen LogP contribution in [0.2, 0.25) is 10.0 Å². The molecule has 0 spiro atoms. The number of H-pyrrole nitrogens is 5. The maximum Gasteiger partial charge on any atom is 0.277 e. The van der Waals surface area contributed by atoms with E-state index < -0.39 is 16.4 Å². The summed E-state index contributed by atoms with van der Waals surface area (Å²) in [7, 11) is 4.85. The number of aryl methyl sites for hydroxylation is 4. The summed E-state index contributed by atoms with van der Waals surface area (Å²) in [6.07, 6.45) is 4.87. The normalized spacial score (nSPS) is 10.7. The van der Waals surface area contributed by atoms with E-state index in [2.05, 4.69) is 30.6 Å². The summed E-state index contributed by atoms with van der Waals surface area (Å²) in [5.41, 5.74) is 23.1. The van der Waals surface area contributed by atoms with Crippen LogP contribution in [-0.4, -0.2) is 84.7 Å². The summed E-state index contributed by atoms with van der Waals surface area (Å²) in [5, 5.41) is 46.0. The molecule has 0 amide bonds. The monoisotopic (exact) mass is 1410 g/mol. The van der Waals surface area contributed by atoms with Crippen molar-refractivity contribution in [2.45, 2.75) is 58.3 Å². The molecule has 12 rings (SSSR count). The van der Waals surface area contributed by atoms with Gasteiger partial charge in [0, 0.05) is 66.7 Å². The van der Waals surface area contributed by atoms with Gasteiger partial charge >= 0.3 is 0 Å². The SMILES string of the molecule is CCOc1n[nH]c(-c2ccc(OC)cc2)c1CCc1ccc(F)cc1.COc1ccc(-c2[nH][nH]c(=O)c2CCc2ccc(F)cc2)cc1.COc1ccc(-c2[nH]n(C(=N)N)c(=O)c2CCc2cccc(Cl)c2)cc1.N=C(N)n1[nH]c(-c2ccc([N+](=O)[O-])cc2)c(CCc2cccc(Cl)c2)c1=O. The molecule has 0 bridgehead atoms. The topological polar surface area (TPSA) is 333 Å². The predicted molar refractivity (Wildman–Crippen MR) is 389 cm³/mol. The van der Waals surface area contributed by atoms with E-state index in [0.717, 1.165) is 95.3 Å². The number of ether oxygens (including phenoxy) is 4. The molecule has 0 aliphatic heterocycles. The van der Waals surface area contributed by atoms with Crippen molar-refractivity contribution >= 4 is 40.8 Å². The summed E-state index contributed by atoms with van der Waals surface area (Å²) in [6, 6.07) is 56.3. The largest absolute Gasteiger partial charge is 0.497 e. The van der Waals surface area contributed by atoms with Crippen LogP contribution in [0.1, 0.15) is 51.4 Å². The molecule has 4 heterocycles. The minimum Gasteiger partial charge on any atom is -0.497 e. The van der Waals surface area contributed by atoms with Gasteiger partial charge in [-0.3, -0.25) is 60.8 Å². The Labute approximate surface area is 588 Å². The first-order valence-corrected chi connectivity index (χ1v) is 32.5. The van der Waals surface area contributed by atoms with E-state index >= 15 is 0 Å². The van der Waals surface area contributed by atoms with E-state index in [4.69, 9.17) is 64.4 Å². The van der Waals surface area contributed by atoms with Crippen LogP contribution in [0.15, 0.2) is 209 Å². The van der Waals surface area contributed by atoms with Gasteiger partial charge in [0.1, 0.15) is 28.9 Å². The Morgan fingerprint density at radius 1 is 0.495 bits per heavy atom. The fourth-order valence-electron chi connectivity index (χ4n) is 11.0. The predicted octanol–water partition coefficient (Wildman–Crippen LogP) is 13.7. The van der Waals surface area contributed by atoms with Gasteiger partial charge in [-0.05, 0) is 214 Å². The van der Waals surface area contributed by atoms with E-state index in [1.807, 2.05) is 134 Å². The second-order valence-corrected chi connectivity index (χ2v) is 23.6. The Kier molecular flexibility index (Phi) is 25.3. The third-order valence-corrected chi connectivity index (χ3v) is 16.7. The lowest BCUT2D eigenvalue weighted by Gasteiger charge is -2.08. The van der Waals surface area contributed by atoms with Crippen molar-refractivity contribution in [3.05, 3.63) is 301 Å². The van der Waals surface area contributed by atoms with E-state index in [0.29, 0.717) is 94.7 Å². The Morgan fingerprint density at radius 3 is 1.26 bits per heavy atom. The van der Waals surface area contributed by atoms with Gasteiger partial charge in [-0.1, -0.05) is 71.7 Å². The van der Waals surface area contributed by atoms with Gasteiger partial charge in [-0.2, -0.15) is 9.36 Å². The molecule has 12 aromatic rings. The fraction of sp³-hybridized carbons (Fsp3) is 0.173. The highest BCUT2D eigenvalue weighted by Gasteiger charge is 2.21. The summed E-state index contributed by atoms with van der Waals surface area (Å²) >= 11 is 12.0. The standard InChI is InChI=1S/C20H21FN2O2.C19H19ClN4O2.C18H16ClN5O3.C18H17FN2O2/c1-3-25-20-18(13-6-14-4-9-16(21)10-5-14)19(22-23-20)15-7-11-17(24-2)12-8-15;1-26-15-8-6-13(7-9-15)17-16(18(25)24(23-17)19(21)22)10-5-12-3-2-4-14(20)11-12;19-13-3-1-2-11(10-13)4-9-15-16(22-23(17(15)25)18(20)21)12-5-7-14(8-6-12)24(26)27;1-23-15-9-5-13(6-10-15)17-16(18(22)21-20-17)11-4-12-2-7-14(19)8-3-12/h4-5,7-12H,3,6,13H2,1-2H3,(H,22,23);2-4,6-9,11,23H,5,10H2,1H3,(H3,21,22);1-3,5-8,10,22H,4,9H2,(H3,20,21);2-3,5-10H,4,11H2,1H3,(H2,20,21,22). The molecule has 520 valence electrons. The molecule has 0 atom stereocenters. The van der Waals surface area contributed by atoms with Crippen LogP contribution in [-0.2, 0) is 51.4 Å². The average Bonchev–Trinajstić information content (AvgIpc) is 1.67. The summed E-state index contributed by atoms with van der Waals surface area (Å²) in [6.45, 7) is 2.49. The quantitative estimate of drug-likeness (QED) is 0.0132. The molecule has 101 heavy (non-hydrogen) atoms. The Morgan fingerprint density at radius 2 is 0.871 bits per heavy atom. The van der Waals surface area contributed by atoms with Crippen molar-refractivity contribution in [2.75, 3.05) is 27.9 Å². The number of aromatic nitrogens is 8. The van der Waals surface area contributed by atoms with Crippen molar-refractivity contribution in [1.29, 1.82) is 10.8 Å². The van der Waals surface area contributed by atoms with Crippen LogP contribution in [0, 0.1) is 32.6 Å². The molecular weight excluding hydrogens is 1340 g/mol. The second kappa shape index (κ2) is 35.0. The number of nitrogen functional groups attached to an aromatic ring is 2. The summed E-state index contributed by atoms with van der Waals surface area (Å²) < 4.78 is 49.2. The van der Waals surface area contributed by atoms with Crippen molar-refractivity contribution in [1.82, 2.24) is 40.0 Å². The van der Waals surface area contributed by atoms with Gasteiger partial charge < -0.3 is 30.4 Å². The number of nitrogens with two attached hydrogens (primary N) is 2. The number of benzene rings is 8. The number of methoxy groups -OCH3 is 3. The van der Waals surface area contributed by atoms with Crippen molar-refractivity contribution in [3.63, 3.8) is 0 Å². The molecule has 0 aliphatic carbocycles. The zero-order valence-corrected chi connectivity index (χ0v) is 57.0. The maximum absolute atomic E-state index is 13.1. The number of nitrogens with one attached hydrogen (secondary N) is 7. The van der Waals surface area contributed by atoms with Gasteiger partial charge in [-0.15, -0.1) is 5.10 Å². The number of aromatic amines is 5. The highest BCUT2D eigenvalue weighted by atomic mass is 35.5. The first-order valence-electron chi connectivity index (χ1n) is 31.8. The van der Waals surface area contributed by atoms with Gasteiger partial charge in [0.05, 0.1) is 55.6 Å². The lowest BCUT2D eigenvalue weighted by Crippen LogP contribution is -2.31. The van der Waals surface area contributed by atoms with Crippen LogP contribution in [0.3, 0.4) is 0 Å². The van der Waals surface area contributed by atoms with Crippen LogP contribution in [0.4, 0.5) is 14.5 Å². The number of halogens is 4. The van der Waals surface area contributed by atoms with Gasteiger partial charge in [0.25, 0.3) is 22.4 Å². The Hall–Kier alpha value is -12.0. The molecule has 22 nitrogen and oxygen atoms in total. The van der Waals surface area contributed by atoms with Gasteiger partial charge in [0.2, 0.25) is 17.8 Å². The van der Waals surface area contributed by atoms with E-state index in [-0.39, 0.29) is 34.4 Å². The number of nitro groups is 1. The van der Waals surface area contributed by atoms with Crippen molar-refractivity contribution in [3.8, 4) is 68.2 Å². The lowest BCUT2D eigenvalue weighted by molar-refractivity contribution is -0.384. The zero-order chi connectivity index (χ0) is 72.1. The molecule has 0 fully saturated rings. The molecule has 26 heteroatoms. The molecule has 0 saturated carbocycles. The molecule has 11 N–H and O–H groups in total. The van der Waals surface area contributed by atoms with E-state index in [1.165, 1.54) is 36.4 Å². The smallest absolute Gasteiger partial charge is 0.277 e. The van der Waals surface area contributed by atoms with Gasteiger partial charge in [-0.25, -0.2) is 8.78 Å². The first-order chi connectivity index (χ1) is 48.7. The average molecular weight is 1410 g/mol. The van der Waals surface area contributed by atoms with E-state index in [9.17, 15) is 33.3 Å². The number of hydrogen-bond donors (Lipinski definition) is 9. The minimum atomic E-state index is -0.493.